The smallest absolute Gasteiger partial charge is 0.416 e. The normalized spacial score (nSPS) is 16.1. The maximum Gasteiger partial charge on any atom is 0.416 e. The molecule has 0 spiro atoms. The molecule has 2 heterocycles. The van der Waals surface area contributed by atoms with Crippen molar-refractivity contribution >= 4 is 22.5 Å². The van der Waals surface area contributed by atoms with E-state index in [0.29, 0.717) is 44.8 Å². The van der Waals surface area contributed by atoms with Gasteiger partial charge < -0.3 is 19.8 Å². The van der Waals surface area contributed by atoms with Crippen LogP contribution in [-0.2, 0) is 22.1 Å². The first kappa shape index (κ1) is 22.2. The Kier molecular flexibility index (Phi) is 6.15. The number of carbonyl (C=O) groups is 1. The molecule has 1 amide bonds. The predicted molar refractivity (Wildman–Crippen MR) is 116 cm³/mol. The van der Waals surface area contributed by atoms with Crippen molar-refractivity contribution in [2.45, 2.75) is 32.4 Å². The molecule has 8 heteroatoms. The van der Waals surface area contributed by atoms with Gasteiger partial charge in [0.25, 0.3) is 0 Å². The van der Waals surface area contributed by atoms with Gasteiger partial charge in [-0.25, -0.2) is 0 Å². The first-order valence-electron chi connectivity index (χ1n) is 10.5. The second kappa shape index (κ2) is 8.86. The molecule has 2 aromatic carbocycles. The Morgan fingerprint density at radius 3 is 2.56 bits per heavy atom. The summed E-state index contributed by atoms with van der Waals surface area (Å²) in [5, 5.41) is 3.96. The topological polar surface area (TPSA) is 63.4 Å². The molecule has 1 fully saturated rings. The molecular formula is C24H25F3N2O3. The molecule has 170 valence electrons. The Labute approximate surface area is 183 Å². The van der Waals surface area contributed by atoms with E-state index in [1.54, 1.807) is 6.20 Å². The summed E-state index contributed by atoms with van der Waals surface area (Å²) in [5.41, 5.74) is 1.48. The number of rotatable bonds is 6. The molecule has 0 aliphatic carbocycles. The minimum atomic E-state index is -4.36. The minimum Gasteiger partial charge on any atom is -0.493 e. The number of aromatic nitrogens is 1. The third kappa shape index (κ3) is 4.91. The lowest BCUT2D eigenvalue weighted by Gasteiger charge is -2.31. The third-order valence-electron chi connectivity index (χ3n) is 5.98. The van der Waals surface area contributed by atoms with Gasteiger partial charge in [-0.1, -0.05) is 13.0 Å². The Morgan fingerprint density at radius 1 is 1.16 bits per heavy atom. The van der Waals surface area contributed by atoms with Crippen LogP contribution in [0.4, 0.5) is 18.9 Å². The number of benzene rings is 2. The highest BCUT2D eigenvalue weighted by Gasteiger charge is 2.35. The summed E-state index contributed by atoms with van der Waals surface area (Å²) >= 11 is 0. The van der Waals surface area contributed by atoms with Crippen LogP contribution in [-0.4, -0.2) is 30.7 Å². The van der Waals surface area contributed by atoms with E-state index in [1.807, 2.05) is 25.1 Å². The van der Waals surface area contributed by atoms with Crippen molar-refractivity contribution in [2.75, 3.05) is 25.1 Å². The van der Waals surface area contributed by atoms with Crippen LogP contribution in [0.5, 0.6) is 5.75 Å². The number of anilines is 1. The number of alkyl halides is 3. The molecule has 0 saturated carbocycles. The zero-order chi connectivity index (χ0) is 22.8. The van der Waals surface area contributed by atoms with Crippen molar-refractivity contribution in [2.24, 2.45) is 5.41 Å². The number of hydrogen-bond acceptors (Lipinski definition) is 3. The molecule has 0 unspecified atom stereocenters. The molecule has 32 heavy (non-hydrogen) atoms. The third-order valence-corrected chi connectivity index (χ3v) is 5.98. The molecule has 5 nitrogen and oxygen atoms in total. The van der Waals surface area contributed by atoms with Gasteiger partial charge in [-0.2, -0.15) is 13.2 Å². The quantitative estimate of drug-likeness (QED) is 0.521. The Morgan fingerprint density at radius 2 is 1.88 bits per heavy atom. The predicted octanol–water partition coefficient (Wildman–Crippen LogP) is 5.56. The number of fused-ring (bicyclic) bond motifs is 1. The van der Waals surface area contributed by atoms with Gasteiger partial charge in [0, 0.05) is 36.7 Å². The number of amides is 1. The Bertz CT molecular complexity index is 1080. The monoisotopic (exact) mass is 446 g/mol. The van der Waals surface area contributed by atoms with Crippen molar-refractivity contribution in [3.05, 3.63) is 59.8 Å². The van der Waals surface area contributed by atoms with Crippen molar-refractivity contribution < 1.29 is 27.4 Å². The van der Waals surface area contributed by atoms with Crippen LogP contribution in [0.3, 0.4) is 0 Å². The minimum absolute atomic E-state index is 0.0160. The van der Waals surface area contributed by atoms with Crippen molar-refractivity contribution in [1.29, 1.82) is 0 Å². The number of carbonyl (C=O) groups excluding carboxylic acids is 1. The van der Waals surface area contributed by atoms with Gasteiger partial charge >= 0.3 is 6.18 Å². The fourth-order valence-electron chi connectivity index (χ4n) is 3.78. The summed E-state index contributed by atoms with van der Waals surface area (Å²) in [4.78, 5) is 16.0. The Hall–Kier alpha value is -3.00. The average molecular weight is 446 g/mol. The molecule has 2 N–H and O–H groups in total. The van der Waals surface area contributed by atoms with E-state index < -0.39 is 17.2 Å². The summed E-state index contributed by atoms with van der Waals surface area (Å²) in [6.45, 7) is 3.45. The van der Waals surface area contributed by atoms with Crippen LogP contribution in [0.1, 0.15) is 30.9 Å². The molecule has 0 radical (unpaired) electrons. The second-order valence-corrected chi connectivity index (χ2v) is 8.33. The van der Waals surface area contributed by atoms with E-state index in [4.69, 9.17) is 9.47 Å². The maximum atomic E-state index is 12.9. The van der Waals surface area contributed by atoms with E-state index in [-0.39, 0.29) is 5.91 Å². The number of aromatic amines is 1. The van der Waals surface area contributed by atoms with Gasteiger partial charge in [-0.3, -0.25) is 4.79 Å². The van der Waals surface area contributed by atoms with Gasteiger partial charge in [0.1, 0.15) is 5.75 Å². The van der Waals surface area contributed by atoms with Crippen LogP contribution in [0.2, 0.25) is 0 Å². The lowest BCUT2D eigenvalue weighted by molar-refractivity contribution is -0.137. The lowest BCUT2D eigenvalue weighted by atomic mass is 9.81. The zero-order valence-corrected chi connectivity index (χ0v) is 17.7. The molecule has 1 aliphatic heterocycles. The van der Waals surface area contributed by atoms with E-state index in [2.05, 4.69) is 10.3 Å². The van der Waals surface area contributed by atoms with E-state index in [9.17, 15) is 18.0 Å². The standard InChI is InChI=1S/C24H25F3N2O3/c1-23(9-12-31-13-10-23)22(30)29-21-15-28-20-7-2-16(14-19(20)21)8-11-32-18-5-3-17(4-6-18)24(25,26)27/h2-7,14-15,28H,8-13H2,1H3,(H,29,30). The molecule has 1 aliphatic rings. The summed E-state index contributed by atoms with van der Waals surface area (Å²) in [5.74, 6) is 0.371. The molecule has 1 aromatic heterocycles. The van der Waals surface area contributed by atoms with Crippen molar-refractivity contribution in [1.82, 2.24) is 4.98 Å². The van der Waals surface area contributed by atoms with Crippen LogP contribution in [0.25, 0.3) is 10.9 Å². The molecule has 0 atom stereocenters. The molecule has 0 bridgehead atoms. The largest absolute Gasteiger partial charge is 0.493 e. The highest BCUT2D eigenvalue weighted by Crippen LogP contribution is 2.33. The molecule has 4 rings (SSSR count). The van der Waals surface area contributed by atoms with Crippen molar-refractivity contribution in [3.63, 3.8) is 0 Å². The fraction of sp³-hybridized carbons (Fsp3) is 0.375. The zero-order valence-electron chi connectivity index (χ0n) is 17.7. The van der Waals surface area contributed by atoms with Crippen molar-refractivity contribution in [3.8, 4) is 5.75 Å². The molecular weight excluding hydrogens is 421 g/mol. The molecule has 1 saturated heterocycles. The van der Waals surface area contributed by atoms with Crippen LogP contribution >= 0.6 is 0 Å². The summed E-state index contributed by atoms with van der Waals surface area (Å²) in [6, 6.07) is 10.5. The lowest BCUT2D eigenvalue weighted by Crippen LogP contribution is -2.38. The maximum absolute atomic E-state index is 12.9. The average Bonchev–Trinajstić information content (AvgIpc) is 3.16. The number of H-pyrrole nitrogens is 1. The van der Waals surface area contributed by atoms with Gasteiger partial charge in [0.05, 0.1) is 23.3 Å². The SMILES string of the molecule is CC1(C(=O)Nc2c[nH]c3ccc(CCOc4ccc(C(F)(F)F)cc4)cc23)CCOCC1. The highest BCUT2D eigenvalue weighted by atomic mass is 19.4. The van der Waals surface area contributed by atoms with Crippen LogP contribution < -0.4 is 10.1 Å². The summed E-state index contributed by atoms with van der Waals surface area (Å²) < 4.78 is 49.0. The van der Waals surface area contributed by atoms with Gasteiger partial charge in [-0.05, 0) is 54.8 Å². The Balaban J connectivity index is 1.39. The van der Waals surface area contributed by atoms with E-state index in [0.717, 1.165) is 34.3 Å². The van der Waals surface area contributed by atoms with Crippen LogP contribution in [0.15, 0.2) is 48.7 Å². The summed E-state index contributed by atoms with van der Waals surface area (Å²) in [7, 11) is 0. The van der Waals surface area contributed by atoms with Gasteiger partial charge in [0.15, 0.2) is 0 Å². The number of ether oxygens (including phenoxy) is 2. The first-order chi connectivity index (χ1) is 15.2. The second-order valence-electron chi connectivity index (χ2n) is 8.33. The number of nitrogens with one attached hydrogen (secondary N) is 2. The van der Waals surface area contributed by atoms with Gasteiger partial charge in [-0.15, -0.1) is 0 Å². The van der Waals surface area contributed by atoms with Crippen LogP contribution in [0, 0.1) is 5.41 Å². The fourth-order valence-corrected chi connectivity index (χ4v) is 3.78. The van der Waals surface area contributed by atoms with E-state index >= 15 is 0 Å². The highest BCUT2D eigenvalue weighted by molar-refractivity contribution is 6.03. The molecule has 3 aromatic rings. The number of hydrogen-bond donors (Lipinski definition) is 2. The first-order valence-corrected chi connectivity index (χ1v) is 10.5. The number of halogens is 3. The van der Waals surface area contributed by atoms with E-state index in [1.165, 1.54) is 12.1 Å². The van der Waals surface area contributed by atoms with Gasteiger partial charge in [0.2, 0.25) is 5.91 Å². The summed E-state index contributed by atoms with van der Waals surface area (Å²) in [6.07, 6.45) is -0.625.